The summed E-state index contributed by atoms with van der Waals surface area (Å²) in [5.74, 6) is -0.152. The normalized spacial score (nSPS) is 14.3. The van der Waals surface area contributed by atoms with Crippen LogP contribution in [0.3, 0.4) is 0 Å². The van der Waals surface area contributed by atoms with Gasteiger partial charge in [-0.2, -0.15) is 0 Å². The van der Waals surface area contributed by atoms with Gasteiger partial charge in [-0.3, -0.25) is 14.5 Å². The Labute approximate surface area is 234 Å². The molecule has 1 atom stereocenters. The fourth-order valence-corrected chi connectivity index (χ4v) is 5.70. The number of fused-ring (bicyclic) bond motifs is 2. The summed E-state index contributed by atoms with van der Waals surface area (Å²) in [6, 6.07) is 9.66. The van der Waals surface area contributed by atoms with Crippen LogP contribution in [0.5, 0.6) is 11.5 Å². The number of nitrogens with zero attached hydrogens (tertiary/aromatic N) is 2. The van der Waals surface area contributed by atoms with Crippen molar-refractivity contribution in [3.8, 4) is 11.5 Å². The van der Waals surface area contributed by atoms with E-state index < -0.39 is 17.9 Å². The van der Waals surface area contributed by atoms with Gasteiger partial charge < -0.3 is 18.6 Å². The van der Waals surface area contributed by atoms with Gasteiger partial charge in [-0.25, -0.2) is 9.78 Å². The minimum atomic E-state index is -0.888. The standard InChI is InChI=1S/C30H28N2O7S/c1-6-13-38-29(35)27-17(5)31-30(40-27)32-24(18-10-12-21(36-7-2)22(15-18)37-8-3)23-25(33)19-14-16(4)9-11-20(19)39-26(23)28(32)34/h6,9-12,14-15,24H,1,7-8,13H2,2-5H3. The van der Waals surface area contributed by atoms with E-state index in [4.69, 9.17) is 18.6 Å². The van der Waals surface area contributed by atoms with E-state index in [0.29, 0.717) is 46.9 Å². The first-order valence-electron chi connectivity index (χ1n) is 12.8. The maximum absolute atomic E-state index is 14.0. The zero-order valence-electron chi connectivity index (χ0n) is 22.6. The first-order chi connectivity index (χ1) is 19.3. The minimum Gasteiger partial charge on any atom is -0.490 e. The summed E-state index contributed by atoms with van der Waals surface area (Å²) in [5, 5.41) is 0.606. The number of hydrogen-bond donors (Lipinski definition) is 0. The molecule has 4 aromatic rings. The molecule has 1 unspecified atom stereocenters. The lowest BCUT2D eigenvalue weighted by Gasteiger charge is -2.23. The van der Waals surface area contributed by atoms with Crippen molar-refractivity contribution in [2.75, 3.05) is 24.7 Å². The molecule has 2 aromatic heterocycles. The molecule has 0 saturated carbocycles. The lowest BCUT2D eigenvalue weighted by Crippen LogP contribution is -2.29. The Kier molecular flexibility index (Phi) is 7.44. The van der Waals surface area contributed by atoms with Gasteiger partial charge >= 0.3 is 5.97 Å². The van der Waals surface area contributed by atoms with Crippen molar-refractivity contribution in [1.82, 2.24) is 4.98 Å². The number of rotatable bonds is 9. The Balaban J connectivity index is 1.73. The van der Waals surface area contributed by atoms with Crippen molar-refractivity contribution in [1.29, 1.82) is 0 Å². The van der Waals surface area contributed by atoms with Crippen LogP contribution in [-0.2, 0) is 4.74 Å². The van der Waals surface area contributed by atoms with Crippen LogP contribution < -0.4 is 19.8 Å². The van der Waals surface area contributed by atoms with Gasteiger partial charge in [-0.05, 0) is 57.5 Å². The lowest BCUT2D eigenvalue weighted by molar-refractivity contribution is 0.0554. The van der Waals surface area contributed by atoms with Crippen LogP contribution in [0.15, 0.2) is 58.3 Å². The van der Waals surface area contributed by atoms with Crippen molar-refractivity contribution < 1.29 is 28.2 Å². The molecule has 0 bridgehead atoms. The number of aryl methyl sites for hydroxylation is 2. The van der Waals surface area contributed by atoms with Crippen LogP contribution in [0.25, 0.3) is 11.0 Å². The maximum Gasteiger partial charge on any atom is 0.350 e. The van der Waals surface area contributed by atoms with Gasteiger partial charge in [-0.15, -0.1) is 0 Å². The van der Waals surface area contributed by atoms with E-state index >= 15 is 0 Å². The predicted molar refractivity (Wildman–Crippen MR) is 152 cm³/mol. The summed E-state index contributed by atoms with van der Waals surface area (Å²) < 4.78 is 22.8. The molecule has 10 heteroatoms. The zero-order valence-corrected chi connectivity index (χ0v) is 23.4. The largest absolute Gasteiger partial charge is 0.490 e. The van der Waals surface area contributed by atoms with Crippen molar-refractivity contribution >= 4 is 39.3 Å². The first kappa shape index (κ1) is 27.1. The van der Waals surface area contributed by atoms with Gasteiger partial charge in [0.25, 0.3) is 5.91 Å². The molecule has 0 fully saturated rings. The molecule has 1 aliphatic rings. The molecule has 0 aliphatic carbocycles. The van der Waals surface area contributed by atoms with Crippen LogP contribution in [0, 0.1) is 13.8 Å². The Morgan fingerprint density at radius 3 is 2.58 bits per heavy atom. The minimum absolute atomic E-state index is 0.0407. The molecule has 0 spiro atoms. The molecule has 206 valence electrons. The SMILES string of the molecule is C=CCOC(=O)c1sc(N2C(=O)c3oc4ccc(C)cc4c(=O)c3C2c2ccc(OCC)c(OCC)c2)nc1C. The monoisotopic (exact) mass is 560 g/mol. The van der Waals surface area contributed by atoms with Gasteiger partial charge in [0.2, 0.25) is 5.76 Å². The smallest absolute Gasteiger partial charge is 0.350 e. The average molecular weight is 561 g/mol. The van der Waals surface area contributed by atoms with E-state index in [1.807, 2.05) is 26.8 Å². The first-order valence-corrected chi connectivity index (χ1v) is 13.7. The Morgan fingerprint density at radius 1 is 1.10 bits per heavy atom. The number of esters is 1. The third kappa shape index (κ3) is 4.64. The number of ether oxygens (including phenoxy) is 3. The topological polar surface area (TPSA) is 108 Å². The summed E-state index contributed by atoms with van der Waals surface area (Å²) in [6.45, 7) is 11.7. The van der Waals surface area contributed by atoms with Crippen LogP contribution in [0.2, 0.25) is 0 Å². The van der Waals surface area contributed by atoms with E-state index in [9.17, 15) is 14.4 Å². The zero-order chi connectivity index (χ0) is 28.6. The van der Waals surface area contributed by atoms with Gasteiger partial charge in [0.05, 0.1) is 35.9 Å². The van der Waals surface area contributed by atoms with Crippen LogP contribution in [-0.4, -0.2) is 36.7 Å². The Bertz CT molecular complexity index is 1700. The molecular weight excluding hydrogens is 532 g/mol. The number of anilines is 1. The molecule has 40 heavy (non-hydrogen) atoms. The fourth-order valence-electron chi connectivity index (χ4n) is 4.71. The molecule has 5 rings (SSSR count). The van der Waals surface area contributed by atoms with Crippen molar-refractivity contribution in [2.45, 2.75) is 33.7 Å². The van der Waals surface area contributed by atoms with Gasteiger partial charge in [0.1, 0.15) is 17.1 Å². The van der Waals surface area contributed by atoms with Crippen molar-refractivity contribution in [3.05, 3.63) is 92.3 Å². The summed E-state index contributed by atoms with van der Waals surface area (Å²) in [4.78, 5) is 46.8. The Morgan fingerprint density at radius 2 is 1.85 bits per heavy atom. The second kappa shape index (κ2) is 11.0. The number of carbonyl (C=O) groups excluding carboxylic acids is 2. The van der Waals surface area contributed by atoms with E-state index in [1.54, 1.807) is 37.3 Å². The third-order valence-corrected chi connectivity index (χ3v) is 7.55. The predicted octanol–water partition coefficient (Wildman–Crippen LogP) is 5.76. The molecule has 0 N–H and O–H groups in total. The Hall–Kier alpha value is -4.44. The highest BCUT2D eigenvalue weighted by molar-refractivity contribution is 7.17. The fraction of sp³-hybridized carbons (Fsp3) is 0.267. The molecule has 9 nitrogen and oxygen atoms in total. The number of carbonyl (C=O) groups is 2. The highest BCUT2D eigenvalue weighted by Gasteiger charge is 2.45. The third-order valence-electron chi connectivity index (χ3n) is 6.42. The van der Waals surface area contributed by atoms with E-state index in [1.165, 1.54) is 11.0 Å². The van der Waals surface area contributed by atoms with Gasteiger partial charge in [-0.1, -0.05) is 41.7 Å². The van der Waals surface area contributed by atoms with E-state index in [0.717, 1.165) is 16.9 Å². The summed E-state index contributed by atoms with van der Waals surface area (Å²) >= 11 is 1.01. The van der Waals surface area contributed by atoms with Crippen LogP contribution in [0.1, 0.15) is 62.5 Å². The number of benzene rings is 2. The summed E-state index contributed by atoms with van der Waals surface area (Å²) in [6.07, 6.45) is 1.47. The summed E-state index contributed by atoms with van der Waals surface area (Å²) in [5.41, 5.74) is 2.08. The lowest BCUT2D eigenvalue weighted by atomic mass is 9.98. The van der Waals surface area contributed by atoms with Crippen molar-refractivity contribution in [3.63, 3.8) is 0 Å². The number of thiazole rings is 1. The van der Waals surface area contributed by atoms with Gasteiger partial charge in [0.15, 0.2) is 22.1 Å². The van der Waals surface area contributed by atoms with Crippen LogP contribution >= 0.6 is 11.3 Å². The highest BCUT2D eigenvalue weighted by atomic mass is 32.1. The molecule has 0 saturated heterocycles. The molecular formula is C30H28N2O7S. The maximum atomic E-state index is 14.0. The van der Waals surface area contributed by atoms with Gasteiger partial charge in [0, 0.05) is 0 Å². The molecule has 1 aliphatic heterocycles. The quantitative estimate of drug-likeness (QED) is 0.188. The molecule has 2 aromatic carbocycles. The number of amides is 1. The summed E-state index contributed by atoms with van der Waals surface area (Å²) in [7, 11) is 0. The highest BCUT2D eigenvalue weighted by Crippen LogP contribution is 2.45. The molecule has 0 radical (unpaired) electrons. The number of aromatic nitrogens is 1. The molecule has 1 amide bonds. The van der Waals surface area contributed by atoms with Crippen molar-refractivity contribution in [2.24, 2.45) is 0 Å². The van der Waals surface area contributed by atoms with Crippen LogP contribution in [0.4, 0.5) is 5.13 Å². The average Bonchev–Trinajstić information content (AvgIpc) is 3.46. The second-order valence-electron chi connectivity index (χ2n) is 9.12. The second-order valence-corrected chi connectivity index (χ2v) is 10.1. The van der Waals surface area contributed by atoms with E-state index in [-0.39, 0.29) is 33.4 Å². The number of hydrogen-bond acceptors (Lipinski definition) is 9. The molecule has 3 heterocycles. The van der Waals surface area contributed by atoms with E-state index in [2.05, 4.69) is 11.6 Å².